The first-order valence-corrected chi connectivity index (χ1v) is 8.77. The zero-order valence-corrected chi connectivity index (χ0v) is 15.5. The van der Waals surface area contributed by atoms with Crippen LogP contribution >= 0.6 is 0 Å². The molecular weight excluding hydrogens is 356 g/mol. The molecule has 0 heterocycles. The van der Waals surface area contributed by atoms with Crippen LogP contribution in [0.1, 0.15) is 26.3 Å². The standard InChI is InChI=1S/C23H20O5/c1-26-19-13-11-18(12-14-19)21(24)16-28-23(25)20-9-5-6-10-22(20)27-15-17-7-3-2-4-8-17/h2-14H,15-16H2,1H3. The highest BCUT2D eigenvalue weighted by molar-refractivity contribution is 6.00. The van der Waals surface area contributed by atoms with E-state index < -0.39 is 5.97 Å². The molecule has 0 N–H and O–H groups in total. The van der Waals surface area contributed by atoms with E-state index in [1.54, 1.807) is 55.6 Å². The van der Waals surface area contributed by atoms with Crippen LogP contribution in [0.15, 0.2) is 78.9 Å². The van der Waals surface area contributed by atoms with Gasteiger partial charge in [0.15, 0.2) is 12.4 Å². The minimum absolute atomic E-state index is 0.279. The van der Waals surface area contributed by atoms with Crippen LogP contribution in [0.5, 0.6) is 11.5 Å². The van der Waals surface area contributed by atoms with Crippen LogP contribution < -0.4 is 9.47 Å². The molecule has 0 aromatic heterocycles. The molecule has 0 bridgehead atoms. The minimum Gasteiger partial charge on any atom is -0.497 e. The molecule has 142 valence electrons. The molecule has 0 amide bonds. The third-order valence-corrected chi connectivity index (χ3v) is 4.09. The molecule has 0 atom stereocenters. The lowest BCUT2D eigenvalue weighted by atomic mass is 10.1. The van der Waals surface area contributed by atoms with Crippen LogP contribution in [-0.4, -0.2) is 25.5 Å². The van der Waals surface area contributed by atoms with Gasteiger partial charge in [0.1, 0.15) is 23.7 Å². The maximum Gasteiger partial charge on any atom is 0.342 e. The van der Waals surface area contributed by atoms with Gasteiger partial charge in [0.25, 0.3) is 0 Å². The number of Topliss-reactive ketones (excluding diaryl/α,β-unsaturated/α-hetero) is 1. The molecule has 5 nitrogen and oxygen atoms in total. The Labute approximate surface area is 163 Å². The Hall–Kier alpha value is -3.60. The molecule has 0 saturated heterocycles. The van der Waals surface area contributed by atoms with Crippen molar-refractivity contribution >= 4 is 11.8 Å². The number of ketones is 1. The van der Waals surface area contributed by atoms with Crippen molar-refractivity contribution in [1.29, 1.82) is 0 Å². The van der Waals surface area contributed by atoms with Crippen molar-refractivity contribution in [2.45, 2.75) is 6.61 Å². The van der Waals surface area contributed by atoms with E-state index in [0.717, 1.165) is 5.56 Å². The summed E-state index contributed by atoms with van der Waals surface area (Å²) in [6.07, 6.45) is 0. The highest BCUT2D eigenvalue weighted by Crippen LogP contribution is 2.20. The zero-order chi connectivity index (χ0) is 19.8. The summed E-state index contributed by atoms with van der Waals surface area (Å²) in [6.45, 7) is -0.0197. The van der Waals surface area contributed by atoms with Crippen molar-refractivity contribution in [1.82, 2.24) is 0 Å². The summed E-state index contributed by atoms with van der Waals surface area (Å²) in [4.78, 5) is 24.7. The summed E-state index contributed by atoms with van der Waals surface area (Å²) in [6, 6.07) is 23.1. The molecule has 0 unspecified atom stereocenters. The van der Waals surface area contributed by atoms with E-state index in [0.29, 0.717) is 23.7 Å². The number of hydrogen-bond donors (Lipinski definition) is 0. The van der Waals surface area contributed by atoms with Gasteiger partial charge in [-0.25, -0.2) is 4.79 Å². The summed E-state index contributed by atoms with van der Waals surface area (Å²) >= 11 is 0. The number of carbonyl (C=O) groups is 2. The van der Waals surface area contributed by atoms with Gasteiger partial charge in [-0.2, -0.15) is 0 Å². The van der Waals surface area contributed by atoms with Crippen molar-refractivity contribution in [3.05, 3.63) is 95.6 Å². The molecule has 5 heteroatoms. The Morgan fingerprint density at radius 3 is 2.21 bits per heavy atom. The summed E-state index contributed by atoms with van der Waals surface area (Å²) in [7, 11) is 1.55. The van der Waals surface area contributed by atoms with Crippen LogP contribution in [0.2, 0.25) is 0 Å². The number of rotatable bonds is 8. The summed E-state index contributed by atoms with van der Waals surface area (Å²) in [5.41, 5.74) is 1.71. The van der Waals surface area contributed by atoms with E-state index in [1.165, 1.54) is 0 Å². The quantitative estimate of drug-likeness (QED) is 0.433. The van der Waals surface area contributed by atoms with Gasteiger partial charge in [-0.3, -0.25) is 4.79 Å². The maximum atomic E-state index is 12.4. The van der Waals surface area contributed by atoms with E-state index in [4.69, 9.17) is 14.2 Å². The van der Waals surface area contributed by atoms with Crippen molar-refractivity contribution in [2.75, 3.05) is 13.7 Å². The first-order valence-electron chi connectivity index (χ1n) is 8.77. The van der Waals surface area contributed by atoms with Gasteiger partial charge >= 0.3 is 5.97 Å². The molecule has 0 aliphatic carbocycles. The van der Waals surface area contributed by atoms with Crippen LogP contribution in [0.4, 0.5) is 0 Å². The number of carbonyl (C=O) groups excluding carboxylic acids is 2. The number of hydrogen-bond acceptors (Lipinski definition) is 5. The van der Waals surface area contributed by atoms with Crippen LogP contribution in [0.3, 0.4) is 0 Å². The fourth-order valence-electron chi connectivity index (χ4n) is 2.57. The Morgan fingerprint density at radius 1 is 0.821 bits per heavy atom. The first kappa shape index (κ1) is 19.2. The van der Waals surface area contributed by atoms with Gasteiger partial charge < -0.3 is 14.2 Å². The van der Waals surface area contributed by atoms with Crippen molar-refractivity contribution < 1.29 is 23.8 Å². The lowest BCUT2D eigenvalue weighted by molar-refractivity contribution is 0.0470. The third kappa shape index (κ3) is 4.98. The predicted molar refractivity (Wildman–Crippen MR) is 105 cm³/mol. The van der Waals surface area contributed by atoms with Crippen LogP contribution in [0.25, 0.3) is 0 Å². The number of ether oxygens (including phenoxy) is 3. The molecule has 3 aromatic rings. The lowest BCUT2D eigenvalue weighted by Crippen LogP contribution is -2.15. The largest absolute Gasteiger partial charge is 0.497 e. The fourth-order valence-corrected chi connectivity index (χ4v) is 2.57. The molecule has 0 aliphatic rings. The molecule has 3 aromatic carbocycles. The number of esters is 1. The molecular formula is C23H20O5. The van der Waals surface area contributed by atoms with Gasteiger partial charge in [0.05, 0.1) is 7.11 Å². The Morgan fingerprint density at radius 2 is 1.50 bits per heavy atom. The second-order valence-electron chi connectivity index (χ2n) is 6.00. The highest BCUT2D eigenvalue weighted by atomic mass is 16.5. The number of para-hydroxylation sites is 1. The molecule has 28 heavy (non-hydrogen) atoms. The molecule has 3 rings (SSSR count). The smallest absolute Gasteiger partial charge is 0.342 e. The molecule has 0 fully saturated rings. The van der Waals surface area contributed by atoms with E-state index >= 15 is 0 Å². The average Bonchev–Trinajstić information content (AvgIpc) is 2.76. The summed E-state index contributed by atoms with van der Waals surface area (Å²) < 4.78 is 16.0. The molecule has 0 saturated carbocycles. The summed E-state index contributed by atoms with van der Waals surface area (Å²) in [5.74, 6) is 0.162. The Kier molecular flexibility index (Phi) is 6.41. The van der Waals surface area contributed by atoms with Gasteiger partial charge in [0.2, 0.25) is 0 Å². The number of methoxy groups -OCH3 is 1. The second kappa shape index (κ2) is 9.37. The van der Waals surface area contributed by atoms with Gasteiger partial charge in [0, 0.05) is 5.56 Å². The average molecular weight is 376 g/mol. The van der Waals surface area contributed by atoms with Crippen LogP contribution in [-0.2, 0) is 11.3 Å². The van der Waals surface area contributed by atoms with Gasteiger partial charge in [-0.1, -0.05) is 42.5 Å². The van der Waals surface area contributed by atoms with Crippen LogP contribution in [0, 0.1) is 0 Å². The third-order valence-electron chi connectivity index (χ3n) is 4.09. The predicted octanol–water partition coefficient (Wildman–Crippen LogP) is 4.31. The normalized spacial score (nSPS) is 10.2. The molecule has 0 spiro atoms. The Balaban J connectivity index is 1.61. The Bertz CT molecular complexity index is 933. The maximum absolute atomic E-state index is 12.4. The van der Waals surface area contributed by atoms with Gasteiger partial charge in [-0.05, 0) is 42.0 Å². The van der Waals surface area contributed by atoms with Crippen molar-refractivity contribution in [3.8, 4) is 11.5 Å². The van der Waals surface area contributed by atoms with E-state index in [1.807, 2.05) is 30.3 Å². The van der Waals surface area contributed by atoms with E-state index in [9.17, 15) is 9.59 Å². The van der Waals surface area contributed by atoms with E-state index in [-0.39, 0.29) is 18.0 Å². The SMILES string of the molecule is COc1ccc(C(=O)COC(=O)c2ccccc2OCc2ccccc2)cc1. The summed E-state index contributed by atoms with van der Waals surface area (Å²) in [5, 5.41) is 0. The van der Waals surface area contributed by atoms with E-state index in [2.05, 4.69) is 0 Å². The van der Waals surface area contributed by atoms with Crippen molar-refractivity contribution in [2.24, 2.45) is 0 Å². The lowest BCUT2D eigenvalue weighted by Gasteiger charge is -2.11. The zero-order valence-electron chi connectivity index (χ0n) is 15.5. The highest BCUT2D eigenvalue weighted by Gasteiger charge is 2.16. The second-order valence-corrected chi connectivity index (χ2v) is 6.00. The minimum atomic E-state index is -0.606. The number of benzene rings is 3. The van der Waals surface area contributed by atoms with Crippen molar-refractivity contribution in [3.63, 3.8) is 0 Å². The molecule has 0 radical (unpaired) electrons. The topological polar surface area (TPSA) is 61.8 Å². The fraction of sp³-hybridized carbons (Fsp3) is 0.130. The monoisotopic (exact) mass is 376 g/mol. The molecule has 0 aliphatic heterocycles. The van der Waals surface area contributed by atoms with Gasteiger partial charge in [-0.15, -0.1) is 0 Å². The first-order chi connectivity index (χ1) is 13.7.